The molecule has 36 heavy (non-hydrogen) atoms. The molecule has 5 rings (SSSR count). The summed E-state index contributed by atoms with van der Waals surface area (Å²) in [6, 6.07) is 4.86. The van der Waals surface area contributed by atoms with E-state index in [1.165, 1.54) is 13.2 Å². The lowest BCUT2D eigenvalue weighted by Crippen LogP contribution is -2.35. The minimum Gasteiger partial charge on any atom is -0.479 e. The van der Waals surface area contributed by atoms with Crippen LogP contribution in [0.4, 0.5) is 15.9 Å². The highest BCUT2D eigenvalue weighted by Crippen LogP contribution is 2.34. The zero-order valence-corrected chi connectivity index (χ0v) is 19.9. The maximum absolute atomic E-state index is 15.0. The molecule has 1 aliphatic rings. The first-order valence-electron chi connectivity index (χ1n) is 11.3. The third kappa shape index (κ3) is 4.55. The molecule has 1 aliphatic heterocycles. The van der Waals surface area contributed by atoms with Crippen molar-refractivity contribution >= 4 is 28.4 Å². The number of nitrogens with zero attached hydrogens (tertiary/aromatic N) is 6. The number of primary amides is 1. The highest BCUT2D eigenvalue weighted by molar-refractivity contribution is 5.98. The molecule has 4 heterocycles. The standard InChI is InChI=1S/C24H25FN8O3/c1-32-13-28-19-15(10-27-11-18(19)32)20-24(35-2)31-23(21(30-20)22(26)34)29-17-4-3-14(9-16(17)25)12-33-5-7-36-8-6-33/h3-4,9-11,13H,5-8,12H2,1-2H3,(H2,26,34)(H,29,31). The molecule has 0 spiro atoms. The smallest absolute Gasteiger partial charge is 0.271 e. The number of carbonyl (C=O) groups excluding carboxylic acids is 1. The normalized spacial score (nSPS) is 14.2. The second-order valence-electron chi connectivity index (χ2n) is 8.38. The van der Waals surface area contributed by atoms with Crippen molar-refractivity contribution in [2.24, 2.45) is 12.8 Å². The number of aromatic nitrogens is 5. The number of benzene rings is 1. The van der Waals surface area contributed by atoms with Gasteiger partial charge in [0.2, 0.25) is 5.88 Å². The average molecular weight is 493 g/mol. The largest absolute Gasteiger partial charge is 0.479 e. The molecule has 11 nitrogen and oxygen atoms in total. The number of methoxy groups -OCH3 is 1. The molecule has 0 aliphatic carbocycles. The van der Waals surface area contributed by atoms with E-state index in [9.17, 15) is 4.79 Å². The van der Waals surface area contributed by atoms with Crippen molar-refractivity contribution in [3.8, 4) is 17.1 Å². The number of carbonyl (C=O) groups is 1. The molecule has 1 fully saturated rings. The maximum Gasteiger partial charge on any atom is 0.271 e. The van der Waals surface area contributed by atoms with Gasteiger partial charge in [-0.1, -0.05) is 6.07 Å². The molecular formula is C24H25FN8O3. The highest BCUT2D eigenvalue weighted by Gasteiger charge is 2.23. The first kappa shape index (κ1) is 23.6. The molecule has 3 aromatic heterocycles. The minimum absolute atomic E-state index is 0.0240. The molecule has 0 radical (unpaired) electrons. The van der Waals surface area contributed by atoms with Gasteiger partial charge in [0.1, 0.15) is 17.0 Å². The fourth-order valence-electron chi connectivity index (χ4n) is 4.12. The van der Waals surface area contributed by atoms with Gasteiger partial charge in [0, 0.05) is 32.9 Å². The van der Waals surface area contributed by atoms with Crippen LogP contribution in [0.2, 0.25) is 0 Å². The van der Waals surface area contributed by atoms with Gasteiger partial charge in [0.25, 0.3) is 5.91 Å². The van der Waals surface area contributed by atoms with Gasteiger partial charge < -0.3 is 25.1 Å². The fourth-order valence-corrected chi connectivity index (χ4v) is 4.12. The lowest BCUT2D eigenvalue weighted by molar-refractivity contribution is 0.0341. The molecular weight excluding hydrogens is 467 g/mol. The van der Waals surface area contributed by atoms with E-state index in [4.69, 9.17) is 15.2 Å². The second kappa shape index (κ2) is 9.84. The summed E-state index contributed by atoms with van der Waals surface area (Å²) >= 11 is 0. The van der Waals surface area contributed by atoms with Crippen LogP contribution in [0.25, 0.3) is 22.3 Å². The second-order valence-corrected chi connectivity index (χ2v) is 8.38. The number of nitrogens with two attached hydrogens (primary N) is 1. The van der Waals surface area contributed by atoms with Gasteiger partial charge in [0.15, 0.2) is 11.5 Å². The Morgan fingerprint density at radius 2 is 2.06 bits per heavy atom. The van der Waals surface area contributed by atoms with Gasteiger partial charge in [-0.2, -0.15) is 4.98 Å². The molecule has 3 N–H and O–H groups in total. The Morgan fingerprint density at radius 3 is 2.78 bits per heavy atom. The van der Waals surface area contributed by atoms with Crippen LogP contribution in [0.1, 0.15) is 16.1 Å². The van der Waals surface area contributed by atoms with Crippen LogP contribution in [0.15, 0.2) is 36.9 Å². The zero-order valence-electron chi connectivity index (χ0n) is 19.9. The van der Waals surface area contributed by atoms with Crippen LogP contribution in [0.5, 0.6) is 5.88 Å². The molecule has 12 heteroatoms. The van der Waals surface area contributed by atoms with E-state index in [0.717, 1.165) is 24.2 Å². The Bertz CT molecular complexity index is 1430. The van der Waals surface area contributed by atoms with Gasteiger partial charge >= 0.3 is 0 Å². The zero-order chi connectivity index (χ0) is 25.2. The molecule has 0 saturated carbocycles. The van der Waals surface area contributed by atoms with Crippen molar-refractivity contribution in [1.82, 2.24) is 29.4 Å². The van der Waals surface area contributed by atoms with E-state index in [1.807, 2.05) is 17.7 Å². The van der Waals surface area contributed by atoms with E-state index >= 15 is 4.39 Å². The number of aryl methyl sites for hydroxylation is 1. The van der Waals surface area contributed by atoms with Crippen molar-refractivity contribution in [3.63, 3.8) is 0 Å². The predicted octanol–water partition coefficient (Wildman–Crippen LogP) is 2.25. The van der Waals surface area contributed by atoms with E-state index in [2.05, 4.69) is 30.2 Å². The monoisotopic (exact) mass is 492 g/mol. The predicted molar refractivity (Wildman–Crippen MR) is 130 cm³/mol. The number of imidazole rings is 1. The van der Waals surface area contributed by atoms with Crippen LogP contribution < -0.4 is 15.8 Å². The van der Waals surface area contributed by atoms with E-state index in [1.54, 1.807) is 24.8 Å². The topological polar surface area (TPSA) is 133 Å². The summed E-state index contributed by atoms with van der Waals surface area (Å²) in [4.78, 5) is 32.0. The number of fused-ring (bicyclic) bond motifs is 1. The van der Waals surface area contributed by atoms with Crippen LogP contribution >= 0.6 is 0 Å². The van der Waals surface area contributed by atoms with E-state index < -0.39 is 11.7 Å². The average Bonchev–Trinajstić information content (AvgIpc) is 3.27. The Labute approximate surface area is 206 Å². The van der Waals surface area contributed by atoms with Crippen molar-refractivity contribution < 1.29 is 18.7 Å². The Morgan fingerprint density at radius 1 is 1.25 bits per heavy atom. The number of anilines is 2. The van der Waals surface area contributed by atoms with Gasteiger partial charge in [-0.15, -0.1) is 0 Å². The number of morpholine rings is 1. The van der Waals surface area contributed by atoms with Crippen LogP contribution in [0.3, 0.4) is 0 Å². The number of hydrogen-bond donors (Lipinski definition) is 2. The quantitative estimate of drug-likeness (QED) is 0.398. The van der Waals surface area contributed by atoms with Gasteiger partial charge in [-0.3, -0.25) is 14.7 Å². The SMILES string of the molecule is COc1nc(Nc2ccc(CN3CCOCC3)cc2F)c(C(N)=O)nc1-c1cncc2c1ncn2C. The number of nitrogens with one attached hydrogen (secondary N) is 1. The summed E-state index contributed by atoms with van der Waals surface area (Å²) in [6.45, 7) is 3.54. The highest BCUT2D eigenvalue weighted by atomic mass is 19.1. The Hall–Kier alpha value is -4.16. The summed E-state index contributed by atoms with van der Waals surface area (Å²) in [6.07, 6.45) is 4.88. The van der Waals surface area contributed by atoms with Crippen molar-refractivity contribution in [1.29, 1.82) is 0 Å². The number of ether oxygens (including phenoxy) is 2. The van der Waals surface area contributed by atoms with Crippen LogP contribution in [-0.2, 0) is 18.3 Å². The molecule has 0 bridgehead atoms. The number of rotatable bonds is 7. The molecule has 186 valence electrons. The molecule has 4 aromatic rings. The number of hydrogen-bond acceptors (Lipinski definition) is 9. The summed E-state index contributed by atoms with van der Waals surface area (Å²) in [5.41, 5.74) is 8.54. The third-order valence-electron chi connectivity index (χ3n) is 5.98. The van der Waals surface area contributed by atoms with E-state index in [-0.39, 0.29) is 28.8 Å². The van der Waals surface area contributed by atoms with Gasteiger partial charge in [-0.05, 0) is 17.7 Å². The fraction of sp³-hybridized carbons (Fsp3) is 0.292. The minimum atomic E-state index is -0.834. The Balaban J connectivity index is 1.49. The van der Waals surface area contributed by atoms with Crippen LogP contribution in [0, 0.1) is 5.82 Å². The molecule has 1 aromatic carbocycles. The van der Waals surface area contributed by atoms with E-state index in [0.29, 0.717) is 30.8 Å². The van der Waals surface area contributed by atoms with Crippen molar-refractivity contribution in [3.05, 3.63) is 54.0 Å². The Kier molecular flexibility index (Phi) is 6.44. The van der Waals surface area contributed by atoms with Crippen molar-refractivity contribution in [2.75, 3.05) is 38.7 Å². The molecule has 1 amide bonds. The number of amides is 1. The summed E-state index contributed by atoms with van der Waals surface area (Å²) < 4.78 is 27.6. The number of halogens is 1. The lowest BCUT2D eigenvalue weighted by atomic mass is 10.1. The first-order valence-corrected chi connectivity index (χ1v) is 11.3. The van der Waals surface area contributed by atoms with Crippen LogP contribution in [-0.4, -0.2) is 68.7 Å². The molecule has 1 saturated heterocycles. The third-order valence-corrected chi connectivity index (χ3v) is 5.98. The van der Waals surface area contributed by atoms with Crippen molar-refractivity contribution in [2.45, 2.75) is 6.54 Å². The molecule has 0 unspecified atom stereocenters. The summed E-state index contributed by atoms with van der Waals surface area (Å²) in [5, 5.41) is 2.85. The first-order chi connectivity index (χ1) is 17.4. The maximum atomic E-state index is 15.0. The van der Waals surface area contributed by atoms with Gasteiger partial charge in [-0.25, -0.2) is 14.4 Å². The lowest BCUT2D eigenvalue weighted by Gasteiger charge is -2.26. The summed E-state index contributed by atoms with van der Waals surface area (Å²) in [7, 11) is 3.26. The van der Waals surface area contributed by atoms with Gasteiger partial charge in [0.05, 0.1) is 49.6 Å². The number of pyridine rings is 1. The summed E-state index contributed by atoms with van der Waals surface area (Å²) in [5.74, 6) is -1.25. The molecule has 0 atom stereocenters.